The number of rotatable bonds is 6. The number of carbonyl (C=O) groups excluding carboxylic acids is 1. The number of nitrogens with zero attached hydrogens (tertiary/aromatic N) is 1. The summed E-state index contributed by atoms with van der Waals surface area (Å²) in [6.07, 6.45) is 1.75. The summed E-state index contributed by atoms with van der Waals surface area (Å²) in [5.74, 6) is -2.50. The average molecular weight is 425 g/mol. The average Bonchev–Trinajstić information content (AvgIpc) is 3.20. The minimum Gasteiger partial charge on any atom is -0.396 e. The minimum atomic E-state index is -1.12. The van der Waals surface area contributed by atoms with Crippen molar-refractivity contribution in [2.45, 2.75) is 19.4 Å². The van der Waals surface area contributed by atoms with E-state index in [1.807, 2.05) is 24.3 Å². The van der Waals surface area contributed by atoms with Crippen LogP contribution in [0, 0.1) is 11.6 Å². The first kappa shape index (κ1) is 20.7. The van der Waals surface area contributed by atoms with E-state index in [1.165, 1.54) is 11.1 Å². The quantitative estimate of drug-likeness (QED) is 0.438. The van der Waals surface area contributed by atoms with Gasteiger partial charge in [-0.3, -0.25) is 9.59 Å². The number of H-pyrrole nitrogens is 2. The first-order valence-corrected chi connectivity index (χ1v) is 9.90. The Bertz CT molecular complexity index is 1300. The molecule has 3 N–H and O–H groups in total. The Balaban J connectivity index is 1.79. The molecule has 0 aliphatic heterocycles. The van der Waals surface area contributed by atoms with E-state index in [4.69, 9.17) is 0 Å². The van der Waals surface area contributed by atoms with Crippen molar-refractivity contribution in [3.8, 4) is 0 Å². The van der Waals surface area contributed by atoms with E-state index in [-0.39, 0.29) is 29.8 Å². The normalized spacial score (nSPS) is 12.4. The molecule has 4 aromatic rings. The van der Waals surface area contributed by atoms with Crippen LogP contribution in [0.15, 0.2) is 53.5 Å². The summed E-state index contributed by atoms with van der Waals surface area (Å²) in [4.78, 5) is 32.7. The van der Waals surface area contributed by atoms with Gasteiger partial charge in [0.1, 0.15) is 5.69 Å². The number of halogens is 2. The number of benzene rings is 2. The number of aromatic amines is 2. The van der Waals surface area contributed by atoms with Crippen molar-refractivity contribution in [2.24, 2.45) is 0 Å². The molecule has 2 aromatic heterocycles. The summed E-state index contributed by atoms with van der Waals surface area (Å²) in [7, 11) is 0. The fourth-order valence-corrected chi connectivity index (χ4v) is 3.84. The molecule has 1 amide bonds. The molecule has 0 unspecified atom stereocenters. The number of hydrogen-bond acceptors (Lipinski definition) is 3. The smallest absolute Gasteiger partial charge is 0.270 e. The molecule has 2 aromatic carbocycles. The van der Waals surface area contributed by atoms with Crippen molar-refractivity contribution >= 4 is 27.6 Å². The van der Waals surface area contributed by atoms with Gasteiger partial charge in [0, 0.05) is 30.3 Å². The van der Waals surface area contributed by atoms with Gasteiger partial charge >= 0.3 is 0 Å². The van der Waals surface area contributed by atoms with Crippen LogP contribution in [0.1, 0.15) is 35.4 Å². The van der Waals surface area contributed by atoms with E-state index in [0.717, 1.165) is 23.0 Å². The van der Waals surface area contributed by atoms with Crippen LogP contribution < -0.4 is 5.56 Å². The summed E-state index contributed by atoms with van der Waals surface area (Å²) in [5, 5.41) is 10.4. The number of aliphatic hydroxyl groups is 1. The van der Waals surface area contributed by atoms with Crippen LogP contribution in [0.3, 0.4) is 0 Å². The number of carbonyl (C=O) groups is 1. The highest BCUT2D eigenvalue weighted by molar-refractivity contribution is 5.98. The second-order valence-corrected chi connectivity index (χ2v) is 7.41. The number of amides is 1. The van der Waals surface area contributed by atoms with E-state index < -0.39 is 23.2 Å². The molecule has 0 spiro atoms. The van der Waals surface area contributed by atoms with Crippen LogP contribution in [0.5, 0.6) is 0 Å². The standard InChI is InChI=1S/C23H21F2N3O3/c1-13(17-12-26-22(30)16-11-19(25)18(24)10-15(16)17)28(7-4-8-29)23(31)21-9-14-5-2-3-6-20(14)27-21/h2-3,5-6,9-13,27,29H,4,7-8H2,1H3,(H,26,30)/t13-/m1/s1. The Morgan fingerprint density at radius 1 is 1.13 bits per heavy atom. The van der Waals surface area contributed by atoms with Crippen molar-refractivity contribution in [2.75, 3.05) is 13.2 Å². The zero-order valence-electron chi connectivity index (χ0n) is 16.8. The molecule has 8 heteroatoms. The molecule has 0 bridgehead atoms. The molecule has 4 rings (SSSR count). The largest absolute Gasteiger partial charge is 0.396 e. The van der Waals surface area contributed by atoms with Crippen molar-refractivity contribution < 1.29 is 18.7 Å². The number of para-hydroxylation sites is 1. The summed E-state index contributed by atoms with van der Waals surface area (Å²) in [6.45, 7) is 1.86. The molecule has 31 heavy (non-hydrogen) atoms. The Labute approximate surface area is 176 Å². The lowest BCUT2D eigenvalue weighted by molar-refractivity contribution is 0.0673. The van der Waals surface area contributed by atoms with E-state index in [1.54, 1.807) is 13.0 Å². The molecule has 0 saturated heterocycles. The van der Waals surface area contributed by atoms with E-state index in [0.29, 0.717) is 17.7 Å². The van der Waals surface area contributed by atoms with Crippen molar-refractivity contribution in [1.29, 1.82) is 0 Å². The van der Waals surface area contributed by atoms with Gasteiger partial charge in [-0.1, -0.05) is 18.2 Å². The van der Waals surface area contributed by atoms with Crippen molar-refractivity contribution in [1.82, 2.24) is 14.9 Å². The summed E-state index contributed by atoms with van der Waals surface area (Å²) in [6, 6.07) is 10.5. The van der Waals surface area contributed by atoms with Gasteiger partial charge in [0.05, 0.1) is 11.4 Å². The van der Waals surface area contributed by atoms with Crippen LogP contribution >= 0.6 is 0 Å². The zero-order valence-corrected chi connectivity index (χ0v) is 16.8. The lowest BCUT2D eigenvalue weighted by Crippen LogP contribution is -2.35. The van der Waals surface area contributed by atoms with Crippen LogP contribution in [-0.4, -0.2) is 39.0 Å². The number of fused-ring (bicyclic) bond motifs is 2. The van der Waals surface area contributed by atoms with Crippen LogP contribution in [-0.2, 0) is 0 Å². The maximum Gasteiger partial charge on any atom is 0.270 e. The molecule has 0 fully saturated rings. The second kappa shape index (κ2) is 8.31. The minimum absolute atomic E-state index is 0.00317. The van der Waals surface area contributed by atoms with Gasteiger partial charge in [-0.15, -0.1) is 0 Å². The Kier molecular flexibility index (Phi) is 5.56. The Hall–Kier alpha value is -3.52. The molecule has 0 saturated carbocycles. The third-order valence-electron chi connectivity index (χ3n) is 5.47. The first-order valence-electron chi connectivity index (χ1n) is 9.90. The van der Waals surface area contributed by atoms with Gasteiger partial charge in [-0.25, -0.2) is 8.78 Å². The summed E-state index contributed by atoms with van der Waals surface area (Å²) >= 11 is 0. The van der Waals surface area contributed by atoms with Crippen LogP contribution in [0.25, 0.3) is 21.7 Å². The maximum atomic E-state index is 14.0. The van der Waals surface area contributed by atoms with Crippen LogP contribution in [0.2, 0.25) is 0 Å². The molecule has 1 atom stereocenters. The fraction of sp³-hybridized carbons (Fsp3) is 0.217. The highest BCUT2D eigenvalue weighted by atomic mass is 19.2. The third kappa shape index (κ3) is 3.82. The molecule has 2 heterocycles. The summed E-state index contributed by atoms with van der Waals surface area (Å²) in [5.41, 5.74) is 1.11. The predicted octanol–water partition coefficient (Wildman–Crippen LogP) is 3.87. The molecule has 0 aliphatic rings. The number of aromatic nitrogens is 2. The molecular formula is C23H21F2N3O3. The molecular weight excluding hydrogens is 404 g/mol. The topological polar surface area (TPSA) is 89.2 Å². The second-order valence-electron chi connectivity index (χ2n) is 7.41. The summed E-state index contributed by atoms with van der Waals surface area (Å²) < 4.78 is 27.7. The van der Waals surface area contributed by atoms with Gasteiger partial charge in [0.2, 0.25) is 0 Å². The Morgan fingerprint density at radius 3 is 2.55 bits per heavy atom. The molecule has 0 aliphatic carbocycles. The molecule has 6 nitrogen and oxygen atoms in total. The number of pyridine rings is 1. The van der Waals surface area contributed by atoms with Crippen LogP contribution in [0.4, 0.5) is 8.78 Å². The predicted molar refractivity (Wildman–Crippen MR) is 114 cm³/mol. The third-order valence-corrected chi connectivity index (χ3v) is 5.47. The fourth-order valence-electron chi connectivity index (χ4n) is 3.84. The number of nitrogens with one attached hydrogen (secondary N) is 2. The zero-order chi connectivity index (χ0) is 22.1. The van der Waals surface area contributed by atoms with Gasteiger partial charge in [0.15, 0.2) is 11.6 Å². The van der Waals surface area contributed by atoms with Gasteiger partial charge < -0.3 is 20.0 Å². The van der Waals surface area contributed by atoms with E-state index >= 15 is 0 Å². The van der Waals surface area contributed by atoms with Gasteiger partial charge in [0.25, 0.3) is 11.5 Å². The van der Waals surface area contributed by atoms with Crippen molar-refractivity contribution in [3.05, 3.63) is 81.9 Å². The lowest BCUT2D eigenvalue weighted by Gasteiger charge is -2.30. The van der Waals surface area contributed by atoms with E-state index in [2.05, 4.69) is 9.97 Å². The molecule has 0 radical (unpaired) electrons. The first-order chi connectivity index (χ1) is 14.9. The highest BCUT2D eigenvalue weighted by Crippen LogP contribution is 2.29. The SMILES string of the molecule is C[C@H](c1c[nH]c(=O)c2cc(F)c(F)cc12)N(CCCO)C(=O)c1cc2ccccc2[nH]1. The molecule has 160 valence electrons. The van der Waals surface area contributed by atoms with E-state index in [9.17, 15) is 23.5 Å². The monoisotopic (exact) mass is 425 g/mol. The van der Waals surface area contributed by atoms with Gasteiger partial charge in [-0.2, -0.15) is 0 Å². The maximum absolute atomic E-state index is 14.0. The Morgan fingerprint density at radius 2 is 1.84 bits per heavy atom. The number of hydrogen-bond donors (Lipinski definition) is 3. The highest BCUT2D eigenvalue weighted by Gasteiger charge is 2.26. The van der Waals surface area contributed by atoms with Crippen molar-refractivity contribution in [3.63, 3.8) is 0 Å². The number of aliphatic hydroxyl groups excluding tert-OH is 1. The van der Waals surface area contributed by atoms with Gasteiger partial charge in [-0.05, 0) is 48.6 Å². The lowest BCUT2D eigenvalue weighted by atomic mass is 10.0.